The lowest BCUT2D eigenvalue weighted by molar-refractivity contribution is -0.437. The minimum Gasteiger partial charge on any atom is -0.195 e. The molecule has 0 saturated heterocycles. The van der Waals surface area contributed by atoms with E-state index in [0.29, 0.717) is 5.92 Å². The third kappa shape index (κ3) is 4.07. The van der Waals surface area contributed by atoms with E-state index < -0.39 is 0 Å². The zero-order chi connectivity index (χ0) is 23.6. The summed E-state index contributed by atoms with van der Waals surface area (Å²) in [5.74, 6) is 0.535. The van der Waals surface area contributed by atoms with Gasteiger partial charge in [-0.15, -0.1) is 0 Å². The van der Waals surface area contributed by atoms with Crippen LogP contribution in [-0.4, -0.2) is 16.8 Å². The molecular formula is C32H40N+. The minimum atomic E-state index is 0.0237. The molecule has 2 aromatic rings. The normalized spacial score (nSPS) is 22.0. The molecule has 1 nitrogen and oxygen atoms in total. The lowest BCUT2D eigenvalue weighted by Crippen LogP contribution is -2.27. The Morgan fingerprint density at radius 3 is 2.21 bits per heavy atom. The first-order valence-corrected chi connectivity index (χ1v) is 12.7. The van der Waals surface area contributed by atoms with Crippen molar-refractivity contribution in [2.45, 2.75) is 77.6 Å². The Bertz CT molecular complexity index is 1140. The Hall–Kier alpha value is -2.67. The largest absolute Gasteiger partial charge is 0.209 e. The Kier molecular flexibility index (Phi) is 6.61. The Morgan fingerprint density at radius 1 is 0.788 bits per heavy atom. The molecule has 172 valence electrons. The minimum absolute atomic E-state index is 0.0237. The summed E-state index contributed by atoms with van der Waals surface area (Å²) in [6.07, 6.45) is 15.0. The van der Waals surface area contributed by atoms with Gasteiger partial charge in [0, 0.05) is 35.5 Å². The first-order valence-electron chi connectivity index (χ1n) is 12.7. The molecule has 1 aliphatic carbocycles. The highest BCUT2D eigenvalue weighted by atomic mass is 15.1. The van der Waals surface area contributed by atoms with E-state index >= 15 is 0 Å². The van der Waals surface area contributed by atoms with E-state index in [-0.39, 0.29) is 10.8 Å². The predicted octanol–water partition coefficient (Wildman–Crippen LogP) is 8.39. The van der Waals surface area contributed by atoms with Crippen LogP contribution in [-0.2, 0) is 10.8 Å². The van der Waals surface area contributed by atoms with Crippen LogP contribution in [0.4, 0.5) is 5.69 Å². The van der Waals surface area contributed by atoms with Gasteiger partial charge in [-0.05, 0) is 31.4 Å². The molecular weight excluding hydrogens is 398 g/mol. The van der Waals surface area contributed by atoms with Crippen molar-refractivity contribution in [1.82, 2.24) is 0 Å². The molecule has 0 saturated carbocycles. The van der Waals surface area contributed by atoms with Crippen LogP contribution in [0, 0.1) is 0 Å². The van der Waals surface area contributed by atoms with Crippen LogP contribution >= 0.6 is 0 Å². The Balaban J connectivity index is 1.62. The van der Waals surface area contributed by atoms with E-state index in [1.54, 1.807) is 5.57 Å². The third-order valence-electron chi connectivity index (χ3n) is 7.68. The summed E-state index contributed by atoms with van der Waals surface area (Å²) >= 11 is 0. The zero-order valence-electron chi connectivity index (χ0n) is 21.4. The van der Waals surface area contributed by atoms with Crippen LogP contribution in [0.15, 0.2) is 84.5 Å². The first-order chi connectivity index (χ1) is 15.8. The molecule has 0 radical (unpaired) electrons. The summed E-state index contributed by atoms with van der Waals surface area (Å²) in [4.78, 5) is 0. The van der Waals surface area contributed by atoms with Crippen molar-refractivity contribution >= 4 is 11.4 Å². The molecule has 2 aromatic carbocycles. The van der Waals surface area contributed by atoms with Gasteiger partial charge in [-0.25, -0.2) is 0 Å². The van der Waals surface area contributed by atoms with Gasteiger partial charge in [0.05, 0.1) is 5.41 Å². The van der Waals surface area contributed by atoms with Crippen LogP contribution in [0.25, 0.3) is 0 Å². The van der Waals surface area contributed by atoms with Gasteiger partial charge in [0.15, 0.2) is 5.71 Å². The molecule has 33 heavy (non-hydrogen) atoms. The van der Waals surface area contributed by atoms with Crippen LogP contribution in [0.2, 0.25) is 0 Å². The highest BCUT2D eigenvalue weighted by Gasteiger charge is 2.43. The summed E-state index contributed by atoms with van der Waals surface area (Å²) in [5, 5.41) is 0. The lowest BCUT2D eigenvalue weighted by Gasteiger charge is -2.24. The molecule has 4 rings (SSSR count). The maximum Gasteiger partial charge on any atom is 0.209 e. The van der Waals surface area contributed by atoms with E-state index in [4.69, 9.17) is 0 Å². The maximum absolute atomic E-state index is 2.51. The van der Waals surface area contributed by atoms with Crippen LogP contribution in [0.5, 0.6) is 0 Å². The molecule has 0 fully saturated rings. The molecule has 1 aliphatic heterocycles. The van der Waals surface area contributed by atoms with Crippen molar-refractivity contribution in [1.29, 1.82) is 0 Å². The Morgan fingerprint density at radius 2 is 1.48 bits per heavy atom. The van der Waals surface area contributed by atoms with Crippen molar-refractivity contribution in [2.24, 2.45) is 0 Å². The maximum atomic E-state index is 2.51. The fraction of sp³-hybridized carbons (Fsp3) is 0.406. The molecule has 1 unspecified atom stereocenters. The predicted molar refractivity (Wildman–Crippen MR) is 143 cm³/mol. The number of para-hydroxylation sites is 1. The second kappa shape index (κ2) is 9.29. The van der Waals surface area contributed by atoms with Gasteiger partial charge in [-0.3, -0.25) is 0 Å². The fourth-order valence-corrected chi connectivity index (χ4v) is 6.03. The molecule has 0 aromatic heterocycles. The van der Waals surface area contributed by atoms with Gasteiger partial charge in [-0.1, -0.05) is 106 Å². The summed E-state index contributed by atoms with van der Waals surface area (Å²) in [6, 6.07) is 17.9. The van der Waals surface area contributed by atoms with Gasteiger partial charge in [0.25, 0.3) is 0 Å². The summed E-state index contributed by atoms with van der Waals surface area (Å²) in [7, 11) is 0. The second-order valence-electron chi connectivity index (χ2n) is 10.6. The van der Waals surface area contributed by atoms with Crippen molar-refractivity contribution in [3.05, 3.63) is 101 Å². The quantitative estimate of drug-likeness (QED) is 0.302. The highest BCUT2D eigenvalue weighted by molar-refractivity contribution is 6.03. The van der Waals surface area contributed by atoms with Gasteiger partial charge in [0.2, 0.25) is 5.69 Å². The molecule has 1 heteroatoms. The number of hydrogen-bond acceptors (Lipinski definition) is 0. The smallest absolute Gasteiger partial charge is 0.195 e. The third-order valence-corrected chi connectivity index (χ3v) is 7.68. The van der Waals surface area contributed by atoms with E-state index in [9.17, 15) is 0 Å². The summed E-state index contributed by atoms with van der Waals surface area (Å²) in [5.41, 5.74) is 8.86. The molecule has 0 amide bonds. The molecule has 1 heterocycles. The first kappa shape index (κ1) is 23.5. The number of nitrogens with zero attached hydrogens (tertiary/aromatic N) is 1. The zero-order valence-corrected chi connectivity index (χ0v) is 21.4. The molecule has 0 bridgehead atoms. The number of allylic oxidation sites excluding steroid dienone is 6. The molecule has 2 aliphatic rings. The summed E-state index contributed by atoms with van der Waals surface area (Å²) < 4.78 is 2.51. The lowest BCUT2D eigenvalue weighted by atomic mass is 9.80. The topological polar surface area (TPSA) is 3.01 Å². The van der Waals surface area contributed by atoms with E-state index in [0.717, 1.165) is 13.0 Å². The van der Waals surface area contributed by atoms with Crippen molar-refractivity contribution in [3.8, 4) is 0 Å². The number of benzene rings is 2. The van der Waals surface area contributed by atoms with E-state index in [1.807, 2.05) is 0 Å². The second-order valence-corrected chi connectivity index (χ2v) is 10.6. The van der Waals surface area contributed by atoms with Gasteiger partial charge >= 0.3 is 0 Å². The van der Waals surface area contributed by atoms with Gasteiger partial charge in [-0.2, -0.15) is 4.58 Å². The monoisotopic (exact) mass is 438 g/mol. The van der Waals surface area contributed by atoms with Crippen molar-refractivity contribution in [2.75, 3.05) is 6.54 Å². The van der Waals surface area contributed by atoms with Crippen LogP contribution in [0.1, 0.15) is 83.4 Å². The fourth-order valence-electron chi connectivity index (χ4n) is 6.03. The van der Waals surface area contributed by atoms with Gasteiger partial charge in [0.1, 0.15) is 6.54 Å². The van der Waals surface area contributed by atoms with Gasteiger partial charge < -0.3 is 0 Å². The Labute approximate surface area is 201 Å². The number of fused-ring (bicyclic) bond motifs is 2. The average Bonchev–Trinajstić information content (AvgIpc) is 3.14. The summed E-state index contributed by atoms with van der Waals surface area (Å²) in [6.45, 7) is 15.1. The van der Waals surface area contributed by atoms with Crippen LogP contribution < -0.4 is 0 Å². The highest BCUT2D eigenvalue weighted by Crippen LogP contribution is 2.51. The van der Waals surface area contributed by atoms with Crippen molar-refractivity contribution in [3.63, 3.8) is 0 Å². The van der Waals surface area contributed by atoms with Crippen LogP contribution in [0.3, 0.4) is 0 Å². The number of rotatable bonds is 7. The SMILES string of the molecule is CCCC1C(=CC=CC=CC2=[N+](CCC)c3ccccc3C2(C)C)C(C)(C)c2ccccc21. The molecule has 0 N–H and O–H groups in total. The molecule has 0 spiro atoms. The molecule has 1 atom stereocenters. The van der Waals surface area contributed by atoms with E-state index in [1.165, 1.54) is 40.9 Å². The van der Waals surface area contributed by atoms with Crippen molar-refractivity contribution < 1.29 is 4.58 Å². The average molecular weight is 439 g/mol. The standard InChI is InChI=1S/C32H40N/c1-7-16-24-25-17-12-13-19-27(25)31(3,4)26(24)18-10-9-11-22-30-32(5,6)28-20-14-15-21-29(28)33(30)23-8-2/h9-15,17-22,24H,7-8,16,23H2,1-6H3/q+1. The number of hydrogen-bond donors (Lipinski definition) is 0. The van der Waals surface area contributed by atoms with E-state index in [2.05, 4.69) is 125 Å².